The number of terminal acetylenes is 1. The minimum atomic E-state index is -0.515. The Labute approximate surface area is 109 Å². The van der Waals surface area contributed by atoms with E-state index >= 15 is 0 Å². The second-order valence-electron chi connectivity index (χ2n) is 6.14. The van der Waals surface area contributed by atoms with Crippen molar-refractivity contribution in [2.45, 2.75) is 70.6 Å². The van der Waals surface area contributed by atoms with Gasteiger partial charge in [0.25, 0.3) is 0 Å². The van der Waals surface area contributed by atoms with Gasteiger partial charge in [0.15, 0.2) is 0 Å². The topological polar surface area (TPSA) is 49.4 Å². The van der Waals surface area contributed by atoms with E-state index in [-0.39, 0.29) is 18.5 Å². The van der Waals surface area contributed by atoms with Crippen molar-refractivity contribution in [2.24, 2.45) is 0 Å². The van der Waals surface area contributed by atoms with Gasteiger partial charge >= 0.3 is 5.97 Å². The molecule has 1 rings (SSSR count). The number of carbonyl (C=O) groups excluding carboxylic acids is 1. The van der Waals surface area contributed by atoms with E-state index in [4.69, 9.17) is 11.2 Å². The first-order valence-corrected chi connectivity index (χ1v) is 6.29. The van der Waals surface area contributed by atoms with Crippen LogP contribution in [0, 0.1) is 12.3 Å². The summed E-state index contributed by atoms with van der Waals surface area (Å²) >= 11 is 0. The lowest BCUT2D eigenvalue weighted by Crippen LogP contribution is -2.60. The minimum Gasteiger partial charge on any atom is -0.462 e. The van der Waals surface area contributed by atoms with Gasteiger partial charge in [0.2, 0.25) is 0 Å². The van der Waals surface area contributed by atoms with Crippen molar-refractivity contribution in [3.63, 3.8) is 0 Å². The maximum absolute atomic E-state index is 12.1. The molecule has 1 fully saturated rings. The van der Waals surface area contributed by atoms with Crippen LogP contribution in [0.5, 0.6) is 0 Å². The average molecular weight is 252 g/mol. The van der Waals surface area contributed by atoms with Crippen molar-refractivity contribution in [1.29, 1.82) is 0 Å². The standard InChI is InChI=1S/C14H22NO3/c1-6-7-8-12(16)18-11-9-13(2,3)15(17)14(4,5)10-11/h1,11H,7-10H2,2-5H3. The van der Waals surface area contributed by atoms with Gasteiger partial charge in [0, 0.05) is 30.3 Å². The van der Waals surface area contributed by atoms with Crippen LogP contribution in [0.15, 0.2) is 0 Å². The summed E-state index contributed by atoms with van der Waals surface area (Å²) in [6.07, 6.45) is 6.66. The highest BCUT2D eigenvalue weighted by atomic mass is 16.5. The second kappa shape index (κ2) is 5.29. The number of piperidine rings is 1. The molecule has 1 aliphatic rings. The summed E-state index contributed by atoms with van der Waals surface area (Å²) in [6.45, 7) is 7.51. The summed E-state index contributed by atoms with van der Waals surface area (Å²) in [5, 5.41) is 13.2. The van der Waals surface area contributed by atoms with Gasteiger partial charge in [-0.3, -0.25) is 4.79 Å². The number of ether oxygens (including phenoxy) is 1. The van der Waals surface area contributed by atoms with Gasteiger partial charge in [-0.2, -0.15) is 0 Å². The third-order valence-corrected chi connectivity index (χ3v) is 3.33. The highest BCUT2D eigenvalue weighted by Gasteiger charge is 2.47. The molecule has 0 atom stereocenters. The van der Waals surface area contributed by atoms with Gasteiger partial charge in [-0.15, -0.1) is 22.6 Å². The third-order valence-electron chi connectivity index (χ3n) is 3.33. The van der Waals surface area contributed by atoms with Crippen molar-refractivity contribution in [3.05, 3.63) is 0 Å². The van der Waals surface area contributed by atoms with E-state index < -0.39 is 11.1 Å². The third kappa shape index (κ3) is 3.47. The van der Waals surface area contributed by atoms with Gasteiger partial charge in [-0.05, 0) is 27.7 Å². The van der Waals surface area contributed by atoms with E-state index in [0.717, 1.165) is 5.06 Å². The van der Waals surface area contributed by atoms with Crippen LogP contribution in [0.2, 0.25) is 0 Å². The zero-order valence-corrected chi connectivity index (χ0v) is 11.7. The Kier molecular flexibility index (Phi) is 4.41. The Morgan fingerprint density at radius 2 is 1.83 bits per heavy atom. The lowest BCUT2D eigenvalue weighted by Gasteiger charge is -2.49. The minimum absolute atomic E-state index is 0.203. The molecular weight excluding hydrogens is 230 g/mol. The molecule has 0 spiro atoms. The molecule has 4 nitrogen and oxygen atoms in total. The molecule has 1 heterocycles. The van der Waals surface area contributed by atoms with E-state index in [9.17, 15) is 10.0 Å². The first-order valence-electron chi connectivity index (χ1n) is 6.29. The van der Waals surface area contributed by atoms with E-state index in [0.29, 0.717) is 19.3 Å². The molecule has 0 aromatic carbocycles. The second-order valence-corrected chi connectivity index (χ2v) is 6.14. The van der Waals surface area contributed by atoms with Crippen molar-refractivity contribution >= 4 is 5.97 Å². The highest BCUT2D eigenvalue weighted by Crippen LogP contribution is 2.38. The van der Waals surface area contributed by atoms with E-state index in [1.54, 1.807) is 0 Å². The molecule has 0 N–H and O–H groups in total. The molecule has 0 aromatic rings. The van der Waals surface area contributed by atoms with Crippen molar-refractivity contribution < 1.29 is 14.7 Å². The first kappa shape index (κ1) is 15.0. The number of rotatable bonds is 3. The summed E-state index contributed by atoms with van der Waals surface area (Å²) in [4.78, 5) is 11.6. The maximum Gasteiger partial charge on any atom is 0.307 e. The van der Waals surface area contributed by atoms with Crippen LogP contribution in [0.3, 0.4) is 0 Å². The van der Waals surface area contributed by atoms with E-state index in [2.05, 4.69) is 5.92 Å². The molecule has 0 aromatic heterocycles. The largest absolute Gasteiger partial charge is 0.462 e. The molecule has 1 saturated heterocycles. The number of hydroxylamine groups is 2. The SMILES string of the molecule is C#CCCC(=O)OC1CC(C)(C)N([O])C(C)(C)C1. The number of hydrogen-bond acceptors (Lipinski definition) is 3. The summed E-state index contributed by atoms with van der Waals surface area (Å²) in [7, 11) is 0. The normalized spacial score (nSPS) is 23.3. The Morgan fingerprint density at radius 3 is 2.28 bits per heavy atom. The fourth-order valence-corrected chi connectivity index (χ4v) is 2.67. The lowest BCUT2D eigenvalue weighted by molar-refractivity contribution is -0.299. The van der Waals surface area contributed by atoms with Crippen LogP contribution in [0.25, 0.3) is 0 Å². The van der Waals surface area contributed by atoms with Crippen molar-refractivity contribution in [2.75, 3.05) is 0 Å². The smallest absolute Gasteiger partial charge is 0.307 e. The quantitative estimate of drug-likeness (QED) is 0.572. The predicted molar refractivity (Wildman–Crippen MR) is 67.9 cm³/mol. The van der Waals surface area contributed by atoms with Crippen LogP contribution >= 0.6 is 0 Å². The number of esters is 1. The fourth-order valence-electron chi connectivity index (χ4n) is 2.67. The zero-order valence-electron chi connectivity index (χ0n) is 11.7. The van der Waals surface area contributed by atoms with Crippen LogP contribution in [0.4, 0.5) is 0 Å². The molecule has 0 amide bonds. The summed E-state index contributed by atoms with van der Waals surface area (Å²) in [6, 6.07) is 0. The lowest BCUT2D eigenvalue weighted by atomic mass is 9.80. The molecular formula is C14H22NO3. The summed E-state index contributed by atoms with van der Waals surface area (Å²) in [5.41, 5.74) is -1.03. The Balaban J connectivity index is 2.64. The number of carbonyl (C=O) groups is 1. The highest BCUT2D eigenvalue weighted by molar-refractivity contribution is 5.69. The number of hydrogen-bond donors (Lipinski definition) is 0. The fraction of sp³-hybridized carbons (Fsp3) is 0.786. The molecule has 0 bridgehead atoms. The number of nitrogens with zero attached hydrogens (tertiary/aromatic N) is 1. The van der Waals surface area contributed by atoms with E-state index in [1.807, 2.05) is 27.7 Å². The molecule has 0 unspecified atom stereocenters. The van der Waals surface area contributed by atoms with Crippen molar-refractivity contribution in [1.82, 2.24) is 5.06 Å². The molecule has 101 valence electrons. The maximum atomic E-state index is 12.1. The predicted octanol–water partition coefficient (Wildman–Crippen LogP) is 2.31. The van der Waals surface area contributed by atoms with Gasteiger partial charge < -0.3 is 4.74 Å². The van der Waals surface area contributed by atoms with Gasteiger partial charge in [0.1, 0.15) is 6.10 Å². The molecule has 1 aliphatic heterocycles. The molecule has 0 aliphatic carbocycles. The van der Waals surface area contributed by atoms with Gasteiger partial charge in [-0.1, -0.05) is 0 Å². The average Bonchev–Trinajstić information content (AvgIpc) is 2.22. The van der Waals surface area contributed by atoms with Gasteiger partial charge in [0.05, 0.1) is 6.42 Å². The van der Waals surface area contributed by atoms with Crippen LogP contribution in [-0.2, 0) is 14.7 Å². The molecule has 0 saturated carbocycles. The van der Waals surface area contributed by atoms with E-state index in [1.165, 1.54) is 0 Å². The molecule has 18 heavy (non-hydrogen) atoms. The van der Waals surface area contributed by atoms with Crippen molar-refractivity contribution in [3.8, 4) is 12.3 Å². The Hall–Kier alpha value is -1.05. The molecule has 4 heteroatoms. The zero-order chi connectivity index (χ0) is 14.0. The molecule has 1 radical (unpaired) electrons. The monoisotopic (exact) mass is 252 g/mol. The van der Waals surface area contributed by atoms with Gasteiger partial charge in [-0.25, -0.2) is 0 Å². The summed E-state index contributed by atoms with van der Waals surface area (Å²) < 4.78 is 5.41. The van der Waals surface area contributed by atoms with Crippen LogP contribution in [-0.4, -0.2) is 28.2 Å². The summed E-state index contributed by atoms with van der Waals surface area (Å²) in [5.74, 6) is 2.14. The Bertz CT molecular complexity index is 337. The van der Waals surface area contributed by atoms with Crippen LogP contribution < -0.4 is 0 Å². The Morgan fingerprint density at radius 1 is 1.33 bits per heavy atom. The first-order chi connectivity index (χ1) is 8.19. The van der Waals surface area contributed by atoms with Crippen LogP contribution in [0.1, 0.15) is 53.4 Å².